The number of benzene rings is 2. The second-order valence-electron chi connectivity index (χ2n) is 5.17. The van der Waals surface area contributed by atoms with Gasteiger partial charge in [0, 0.05) is 11.6 Å². The topological polar surface area (TPSA) is 31.4 Å². The van der Waals surface area contributed by atoms with Crippen LogP contribution in [0.25, 0.3) is 10.9 Å². The molecule has 118 valence electrons. The molecule has 3 nitrogen and oxygen atoms in total. The van der Waals surface area contributed by atoms with E-state index in [0.717, 1.165) is 39.7 Å². The lowest BCUT2D eigenvalue weighted by molar-refractivity contribution is 0.267. The van der Waals surface area contributed by atoms with Gasteiger partial charge in [-0.05, 0) is 53.0 Å². The van der Waals surface area contributed by atoms with E-state index in [1.165, 1.54) is 0 Å². The number of para-hydroxylation sites is 2. The van der Waals surface area contributed by atoms with Crippen LogP contribution < -0.4 is 9.47 Å². The van der Waals surface area contributed by atoms with Crippen LogP contribution in [0.2, 0.25) is 0 Å². The van der Waals surface area contributed by atoms with Crippen molar-refractivity contribution in [3.8, 4) is 11.5 Å². The van der Waals surface area contributed by atoms with E-state index in [-0.39, 0.29) is 0 Å². The highest BCUT2D eigenvalue weighted by Crippen LogP contribution is 2.24. The number of aromatic nitrogens is 1. The fraction of sp³-hybridized carbons (Fsp3) is 0.211. The van der Waals surface area contributed by atoms with Gasteiger partial charge >= 0.3 is 0 Å². The summed E-state index contributed by atoms with van der Waals surface area (Å²) in [5, 5.41) is 1.10. The zero-order valence-electron chi connectivity index (χ0n) is 12.7. The van der Waals surface area contributed by atoms with Crippen molar-refractivity contribution in [2.24, 2.45) is 0 Å². The van der Waals surface area contributed by atoms with E-state index in [4.69, 9.17) is 9.47 Å². The molecule has 0 atom stereocenters. The van der Waals surface area contributed by atoms with Crippen molar-refractivity contribution in [1.82, 2.24) is 4.98 Å². The lowest BCUT2D eigenvalue weighted by Crippen LogP contribution is -2.03. The summed E-state index contributed by atoms with van der Waals surface area (Å²) in [6.07, 6.45) is 3.67. The summed E-state index contributed by atoms with van der Waals surface area (Å²) in [4.78, 5) is 4.39. The Hall–Kier alpha value is -2.07. The van der Waals surface area contributed by atoms with Crippen molar-refractivity contribution in [2.45, 2.75) is 12.8 Å². The highest BCUT2D eigenvalue weighted by Gasteiger charge is 2.03. The van der Waals surface area contributed by atoms with Gasteiger partial charge in [0.25, 0.3) is 0 Å². The number of ether oxygens (including phenoxy) is 2. The van der Waals surface area contributed by atoms with Crippen molar-refractivity contribution in [2.75, 3.05) is 13.2 Å². The summed E-state index contributed by atoms with van der Waals surface area (Å²) in [6, 6.07) is 17.9. The van der Waals surface area contributed by atoms with Crippen LogP contribution in [0.5, 0.6) is 11.5 Å². The van der Waals surface area contributed by atoms with Gasteiger partial charge in [-0.15, -0.1) is 0 Å². The minimum absolute atomic E-state index is 0.662. The molecular weight excluding hydrogens is 354 g/mol. The first-order chi connectivity index (χ1) is 11.3. The monoisotopic (exact) mass is 371 g/mol. The number of hydrogen-bond acceptors (Lipinski definition) is 3. The van der Waals surface area contributed by atoms with Crippen LogP contribution in [0.1, 0.15) is 12.8 Å². The average Bonchev–Trinajstić information content (AvgIpc) is 2.59. The second kappa shape index (κ2) is 7.97. The van der Waals surface area contributed by atoms with Gasteiger partial charge in [0.2, 0.25) is 0 Å². The van der Waals surface area contributed by atoms with E-state index in [2.05, 4.69) is 20.9 Å². The third-order valence-corrected chi connectivity index (χ3v) is 4.14. The van der Waals surface area contributed by atoms with Gasteiger partial charge in [0.05, 0.1) is 17.7 Å². The number of pyridine rings is 1. The molecule has 0 amide bonds. The Labute approximate surface area is 144 Å². The lowest BCUT2D eigenvalue weighted by Gasteiger charge is -2.10. The van der Waals surface area contributed by atoms with Crippen molar-refractivity contribution in [3.05, 3.63) is 65.3 Å². The van der Waals surface area contributed by atoms with Crippen molar-refractivity contribution >= 4 is 26.8 Å². The van der Waals surface area contributed by atoms with Crippen LogP contribution in [-0.2, 0) is 0 Å². The summed E-state index contributed by atoms with van der Waals surface area (Å²) in [5.74, 6) is 1.72. The number of halogens is 1. The molecule has 0 aliphatic rings. The van der Waals surface area contributed by atoms with Crippen molar-refractivity contribution in [3.63, 3.8) is 0 Å². The highest BCUT2D eigenvalue weighted by molar-refractivity contribution is 9.10. The van der Waals surface area contributed by atoms with Gasteiger partial charge in [-0.1, -0.05) is 30.3 Å². The van der Waals surface area contributed by atoms with Crippen molar-refractivity contribution in [1.29, 1.82) is 0 Å². The molecule has 0 aliphatic heterocycles. The van der Waals surface area contributed by atoms with E-state index < -0.39 is 0 Å². The molecule has 3 rings (SSSR count). The van der Waals surface area contributed by atoms with E-state index in [1.807, 2.05) is 54.6 Å². The van der Waals surface area contributed by atoms with Crippen molar-refractivity contribution < 1.29 is 9.47 Å². The minimum Gasteiger partial charge on any atom is -0.492 e. The zero-order chi connectivity index (χ0) is 15.9. The Morgan fingerprint density at radius 1 is 0.783 bits per heavy atom. The molecular formula is C19H18BrNO2. The first-order valence-corrected chi connectivity index (χ1v) is 8.48. The van der Waals surface area contributed by atoms with E-state index >= 15 is 0 Å². The molecule has 0 spiro atoms. The summed E-state index contributed by atoms with van der Waals surface area (Å²) in [5.41, 5.74) is 0.916. The molecule has 0 N–H and O–H groups in total. The maximum atomic E-state index is 5.87. The number of unbranched alkanes of at least 4 members (excludes halogenated alkanes) is 1. The molecule has 0 unspecified atom stereocenters. The number of hydrogen-bond donors (Lipinski definition) is 0. The quantitative estimate of drug-likeness (QED) is 0.532. The highest BCUT2D eigenvalue weighted by atomic mass is 79.9. The molecule has 0 fully saturated rings. The Morgan fingerprint density at radius 2 is 1.48 bits per heavy atom. The lowest BCUT2D eigenvalue weighted by atomic mass is 10.2. The Kier molecular flexibility index (Phi) is 5.48. The average molecular weight is 372 g/mol. The minimum atomic E-state index is 0.662. The summed E-state index contributed by atoms with van der Waals surface area (Å²) in [6.45, 7) is 1.34. The summed E-state index contributed by atoms with van der Waals surface area (Å²) >= 11 is 3.48. The standard InChI is InChI=1S/C19H18BrNO2/c20-16-9-1-2-10-17(16)22-13-3-4-14-23-18-11-5-7-15-8-6-12-21-19(15)18/h1-2,5-12H,3-4,13-14H2. The van der Waals surface area contributed by atoms with Gasteiger partial charge in [-0.3, -0.25) is 4.98 Å². The van der Waals surface area contributed by atoms with Gasteiger partial charge < -0.3 is 9.47 Å². The van der Waals surface area contributed by atoms with Crippen LogP contribution >= 0.6 is 15.9 Å². The van der Waals surface area contributed by atoms with Gasteiger partial charge in [-0.25, -0.2) is 0 Å². The first-order valence-electron chi connectivity index (χ1n) is 7.68. The van der Waals surface area contributed by atoms with Gasteiger partial charge in [0.15, 0.2) is 0 Å². The number of fused-ring (bicyclic) bond motifs is 1. The van der Waals surface area contributed by atoms with E-state index in [1.54, 1.807) is 6.20 Å². The molecule has 1 heterocycles. The van der Waals surface area contributed by atoms with Crippen LogP contribution in [0.3, 0.4) is 0 Å². The molecule has 0 saturated carbocycles. The molecule has 3 aromatic rings. The molecule has 23 heavy (non-hydrogen) atoms. The maximum Gasteiger partial charge on any atom is 0.145 e. The molecule has 0 bridgehead atoms. The second-order valence-corrected chi connectivity index (χ2v) is 6.02. The van der Waals surface area contributed by atoms with E-state index in [9.17, 15) is 0 Å². The third kappa shape index (κ3) is 4.23. The Bertz CT molecular complexity index is 771. The Balaban J connectivity index is 1.44. The first kappa shape index (κ1) is 15.8. The molecule has 0 saturated heterocycles. The fourth-order valence-corrected chi connectivity index (χ4v) is 2.72. The smallest absolute Gasteiger partial charge is 0.145 e. The van der Waals surface area contributed by atoms with Gasteiger partial charge in [-0.2, -0.15) is 0 Å². The van der Waals surface area contributed by atoms with Gasteiger partial charge in [0.1, 0.15) is 17.0 Å². The van der Waals surface area contributed by atoms with E-state index in [0.29, 0.717) is 13.2 Å². The van der Waals surface area contributed by atoms with Crippen LogP contribution in [0.4, 0.5) is 0 Å². The maximum absolute atomic E-state index is 5.87. The third-order valence-electron chi connectivity index (χ3n) is 3.49. The predicted molar refractivity (Wildman–Crippen MR) is 96.1 cm³/mol. The predicted octanol–water partition coefficient (Wildman–Crippen LogP) is 5.24. The molecule has 2 aromatic carbocycles. The number of nitrogens with zero attached hydrogens (tertiary/aromatic N) is 1. The number of rotatable bonds is 7. The summed E-state index contributed by atoms with van der Waals surface area (Å²) < 4.78 is 12.6. The molecule has 1 aromatic heterocycles. The summed E-state index contributed by atoms with van der Waals surface area (Å²) in [7, 11) is 0. The van der Waals surface area contributed by atoms with Crippen LogP contribution in [-0.4, -0.2) is 18.2 Å². The largest absolute Gasteiger partial charge is 0.492 e. The van der Waals surface area contributed by atoms with Crippen LogP contribution in [0, 0.1) is 0 Å². The normalized spacial score (nSPS) is 10.7. The SMILES string of the molecule is Brc1ccccc1OCCCCOc1cccc2cccnc12. The Morgan fingerprint density at radius 3 is 2.30 bits per heavy atom. The fourth-order valence-electron chi connectivity index (χ4n) is 2.32. The molecule has 0 radical (unpaired) electrons. The molecule has 4 heteroatoms. The zero-order valence-corrected chi connectivity index (χ0v) is 14.3. The van der Waals surface area contributed by atoms with Crippen LogP contribution in [0.15, 0.2) is 65.3 Å². The molecule has 0 aliphatic carbocycles.